The first kappa shape index (κ1) is 58.7. The molecular weight excluding hydrogens is 983 g/mol. The van der Waals surface area contributed by atoms with Crippen LogP contribution in [0.3, 0.4) is 0 Å². The van der Waals surface area contributed by atoms with Crippen molar-refractivity contribution in [3.05, 3.63) is 90.0 Å². The first-order valence-corrected chi connectivity index (χ1v) is 28.2. The van der Waals surface area contributed by atoms with Crippen molar-refractivity contribution >= 4 is 23.6 Å². The summed E-state index contributed by atoms with van der Waals surface area (Å²) in [4.78, 5) is 37.1. The molecule has 0 aromatic heterocycles. The lowest BCUT2D eigenvalue weighted by molar-refractivity contribution is -0.256. The molecule has 0 radical (unpaired) electrons. The number of aliphatic hydroxyl groups is 2. The van der Waals surface area contributed by atoms with Gasteiger partial charge in [0.1, 0.15) is 34.6 Å². The highest BCUT2D eigenvalue weighted by Gasteiger charge is 2.66. The van der Waals surface area contributed by atoms with Crippen LogP contribution in [0.25, 0.3) is 0 Å². The number of allylic oxidation sites excluding steroid dienone is 1. The molecule has 1 fully saturated rings. The SMILES string of the molecule is C=CCO[C@@]12Oc3ccc(OC(=O)Nc4ccc(OC)cc4OC)cc3[C@H]3[C@H](CCCCO)[C@@H](CCCCO)C=C(C(=NOC(C)(C)C)C[C@@H]1N(Cc1ccc4c(c1)OCO4)C(=O)OCCCCCCCCCCCC)[C@H]32. The fourth-order valence-corrected chi connectivity index (χ4v) is 11.4. The van der Waals surface area contributed by atoms with E-state index in [1.54, 1.807) is 48.4 Å². The van der Waals surface area contributed by atoms with Crippen LogP contribution in [0.1, 0.15) is 154 Å². The second-order valence-electron chi connectivity index (χ2n) is 21.7. The van der Waals surface area contributed by atoms with Crippen molar-refractivity contribution in [2.75, 3.05) is 52.8 Å². The van der Waals surface area contributed by atoms with Gasteiger partial charge in [0.15, 0.2) is 11.5 Å². The van der Waals surface area contributed by atoms with Gasteiger partial charge in [-0.2, -0.15) is 0 Å². The minimum Gasteiger partial charge on any atom is -0.497 e. The highest BCUT2D eigenvalue weighted by molar-refractivity contribution is 6.03. The molecule has 2 aliphatic heterocycles. The van der Waals surface area contributed by atoms with Crippen molar-refractivity contribution in [3.8, 4) is 34.5 Å². The van der Waals surface area contributed by atoms with Crippen molar-refractivity contribution in [1.82, 2.24) is 4.90 Å². The zero-order chi connectivity index (χ0) is 54.8. The third-order valence-corrected chi connectivity index (χ3v) is 15.1. The van der Waals surface area contributed by atoms with Crippen molar-refractivity contribution in [2.24, 2.45) is 22.9 Å². The van der Waals surface area contributed by atoms with Gasteiger partial charge in [-0.05, 0) is 118 Å². The second-order valence-corrected chi connectivity index (χ2v) is 21.7. The van der Waals surface area contributed by atoms with Gasteiger partial charge in [0.05, 0.1) is 44.8 Å². The highest BCUT2D eigenvalue weighted by Crippen LogP contribution is 2.62. The molecule has 3 N–H and O–H groups in total. The van der Waals surface area contributed by atoms with E-state index in [1.165, 1.54) is 45.6 Å². The van der Waals surface area contributed by atoms with E-state index in [9.17, 15) is 15.0 Å². The number of carbonyl (C=O) groups excluding carboxylic acids is 2. The predicted molar refractivity (Wildman–Crippen MR) is 296 cm³/mol. The fourth-order valence-electron chi connectivity index (χ4n) is 11.4. The number of carbonyl (C=O) groups is 2. The van der Waals surface area contributed by atoms with Crippen LogP contribution < -0.4 is 33.7 Å². The van der Waals surface area contributed by atoms with Crippen molar-refractivity contribution in [2.45, 2.75) is 167 Å². The third-order valence-electron chi connectivity index (χ3n) is 15.1. The number of nitrogens with zero attached hydrogens (tertiary/aromatic N) is 2. The molecule has 7 rings (SSSR count). The van der Waals surface area contributed by atoms with Gasteiger partial charge in [0.2, 0.25) is 12.6 Å². The lowest BCUT2D eigenvalue weighted by Crippen LogP contribution is -2.70. The van der Waals surface area contributed by atoms with Crippen LogP contribution in [0.2, 0.25) is 0 Å². The van der Waals surface area contributed by atoms with Crippen LogP contribution in [-0.4, -0.2) is 97.9 Å². The molecule has 3 aromatic carbocycles. The van der Waals surface area contributed by atoms with Crippen molar-refractivity contribution in [3.63, 3.8) is 0 Å². The predicted octanol–water partition coefficient (Wildman–Crippen LogP) is 13.0. The Morgan fingerprint density at radius 2 is 1.53 bits per heavy atom. The van der Waals surface area contributed by atoms with Crippen LogP contribution in [0.4, 0.5) is 15.3 Å². The second kappa shape index (κ2) is 28.6. The number of hydrogen-bond acceptors (Lipinski definition) is 14. The number of unbranched alkanes of at least 4 members (excludes halogenated alkanes) is 11. The number of oxime groups is 1. The number of hydrogen-bond donors (Lipinski definition) is 3. The third kappa shape index (κ3) is 15.2. The summed E-state index contributed by atoms with van der Waals surface area (Å²) < 4.78 is 49.6. The van der Waals surface area contributed by atoms with Crippen molar-refractivity contribution < 1.29 is 62.5 Å². The van der Waals surface area contributed by atoms with Gasteiger partial charge >= 0.3 is 12.2 Å². The zero-order valence-electron chi connectivity index (χ0n) is 46.5. The van der Waals surface area contributed by atoms with E-state index in [-0.39, 0.29) is 69.7 Å². The van der Waals surface area contributed by atoms with Crippen LogP contribution in [0.15, 0.2) is 84.1 Å². The Labute approximate surface area is 456 Å². The van der Waals surface area contributed by atoms with Gasteiger partial charge in [-0.15, -0.1) is 6.58 Å². The van der Waals surface area contributed by atoms with E-state index in [0.29, 0.717) is 59.4 Å². The molecule has 3 aromatic rings. The molecule has 77 heavy (non-hydrogen) atoms. The van der Waals surface area contributed by atoms with Crippen LogP contribution in [-0.2, 0) is 20.9 Å². The maximum Gasteiger partial charge on any atom is 0.417 e. The number of anilines is 1. The molecule has 1 saturated carbocycles. The largest absolute Gasteiger partial charge is 0.497 e. The molecule has 0 saturated heterocycles. The zero-order valence-corrected chi connectivity index (χ0v) is 46.5. The number of amides is 2. The van der Waals surface area contributed by atoms with E-state index in [2.05, 4.69) is 24.9 Å². The van der Waals surface area contributed by atoms with Crippen molar-refractivity contribution in [1.29, 1.82) is 0 Å². The van der Waals surface area contributed by atoms with Gasteiger partial charge in [-0.25, -0.2) is 9.59 Å². The van der Waals surface area contributed by atoms with E-state index in [1.807, 2.05) is 45.0 Å². The Balaban J connectivity index is 1.33. The number of rotatable bonds is 30. The first-order chi connectivity index (χ1) is 37.4. The first-order valence-electron chi connectivity index (χ1n) is 28.2. The Bertz CT molecular complexity index is 2470. The molecule has 0 unspecified atom stereocenters. The molecule has 16 nitrogen and oxygen atoms in total. The average molecular weight is 1070 g/mol. The molecular formula is C61H85N3O13. The monoisotopic (exact) mass is 1070 g/mol. The maximum atomic E-state index is 15.3. The molecule has 2 aliphatic carbocycles. The Morgan fingerprint density at radius 3 is 2.23 bits per heavy atom. The number of ether oxygens (including phenoxy) is 8. The minimum atomic E-state index is -1.57. The van der Waals surface area contributed by atoms with Crippen LogP contribution in [0.5, 0.6) is 34.5 Å². The van der Waals surface area contributed by atoms with Gasteiger partial charge in [0, 0.05) is 43.7 Å². The van der Waals surface area contributed by atoms with E-state index >= 15 is 4.79 Å². The van der Waals surface area contributed by atoms with Gasteiger partial charge < -0.3 is 52.9 Å². The summed E-state index contributed by atoms with van der Waals surface area (Å²) in [6, 6.07) is 15.2. The number of benzene rings is 3. The number of methoxy groups -OCH3 is 2. The minimum absolute atomic E-state index is 0.0258. The summed E-state index contributed by atoms with van der Waals surface area (Å²) in [6.07, 6.45) is 18.5. The van der Waals surface area contributed by atoms with E-state index < -0.39 is 35.5 Å². The summed E-state index contributed by atoms with van der Waals surface area (Å²) in [5, 5.41) is 28.0. The fraction of sp³-hybridized carbons (Fsp3) is 0.590. The van der Waals surface area contributed by atoms with Crippen LogP contribution in [0, 0.1) is 17.8 Å². The molecule has 0 bridgehead atoms. The summed E-state index contributed by atoms with van der Waals surface area (Å²) in [7, 11) is 3.06. The Morgan fingerprint density at radius 1 is 0.831 bits per heavy atom. The molecule has 6 atom stereocenters. The molecule has 422 valence electrons. The maximum absolute atomic E-state index is 15.3. The lowest BCUT2D eigenvalue weighted by atomic mass is 9.55. The smallest absolute Gasteiger partial charge is 0.417 e. The summed E-state index contributed by atoms with van der Waals surface area (Å²) in [6.45, 7) is 12.8. The quantitative estimate of drug-likeness (QED) is 0.0326. The number of aliphatic hydroxyl groups excluding tert-OH is 2. The van der Waals surface area contributed by atoms with Crippen LogP contribution >= 0.6 is 0 Å². The number of fused-ring (bicyclic) bond motifs is 3. The summed E-state index contributed by atoms with van der Waals surface area (Å²) >= 11 is 0. The molecule has 2 amide bonds. The van der Waals surface area contributed by atoms with Gasteiger partial charge in [-0.1, -0.05) is 101 Å². The molecule has 0 spiro atoms. The Kier molecular flexibility index (Phi) is 21.8. The molecule has 2 heterocycles. The lowest BCUT2D eigenvalue weighted by Gasteiger charge is -2.60. The molecule has 4 aliphatic rings. The topological polar surface area (TPSA) is 185 Å². The molecule has 16 heteroatoms. The summed E-state index contributed by atoms with van der Waals surface area (Å²) in [5.41, 5.74) is 2.81. The van der Waals surface area contributed by atoms with E-state index in [4.69, 9.17) is 47.9 Å². The van der Waals surface area contributed by atoms with E-state index in [0.717, 1.165) is 61.6 Å². The van der Waals surface area contributed by atoms with Gasteiger partial charge in [-0.3, -0.25) is 10.2 Å². The Hall–Kier alpha value is -5.97. The van der Waals surface area contributed by atoms with Gasteiger partial charge in [0.25, 0.3) is 0 Å². The highest BCUT2D eigenvalue weighted by atomic mass is 16.7. The average Bonchev–Trinajstić information content (AvgIpc) is 4.01. The summed E-state index contributed by atoms with van der Waals surface area (Å²) in [5.74, 6) is 0.258. The normalized spacial score (nSPS) is 21.5. The standard InChI is InChI=1S/C61H85N3O13/c1-8-10-11-12-13-14-15-16-17-22-34-71-59(68)64(40-42-25-29-52-54(35-42)73-41-72-52)55-39-50(63-77-60(3,4)5)47-36-43(23-18-20-31-65)46(24-19-21-32-66)56-48-37-45(27-30-51(48)76-61(55,57(47)56)74-33-9-2)75-58(67)62-49-28-26-44(69-6)38-53(49)70-7/h9,25-30,35-38,43,46,55-57,65-66H,2,8,10-24,31-34,39-41H2,1,3-7H3,(H,62,67)/t43-,46+,55-,56+,57+,61+/m0/s1. The number of nitrogens with one attached hydrogen (secondary N) is 1.